The molecule has 1 amide bonds. The summed E-state index contributed by atoms with van der Waals surface area (Å²) in [6.45, 7) is 6.42. The van der Waals surface area contributed by atoms with Crippen molar-refractivity contribution in [2.24, 2.45) is 0 Å². The third kappa shape index (κ3) is 6.30. The summed E-state index contributed by atoms with van der Waals surface area (Å²) in [4.78, 5) is 21.0. The second-order valence-corrected chi connectivity index (χ2v) is 6.76. The van der Waals surface area contributed by atoms with Crippen molar-refractivity contribution in [3.8, 4) is 0 Å². The highest BCUT2D eigenvalue weighted by Gasteiger charge is 2.19. The molecule has 7 nitrogen and oxygen atoms in total. The number of piperazine rings is 1. The van der Waals surface area contributed by atoms with Gasteiger partial charge in [-0.15, -0.1) is 0 Å². The molecule has 150 valence electrons. The van der Waals surface area contributed by atoms with E-state index < -0.39 is 0 Å². The number of oxazole rings is 1. The monoisotopic (exact) mass is 384 g/mol. The van der Waals surface area contributed by atoms with Crippen LogP contribution in [0.15, 0.2) is 47.1 Å². The Labute approximate surface area is 166 Å². The fourth-order valence-corrected chi connectivity index (χ4v) is 3.07. The van der Waals surface area contributed by atoms with Gasteiger partial charge in [0.25, 0.3) is 5.91 Å². The molecule has 1 aliphatic heterocycles. The minimum atomic E-state index is -0.234. The van der Waals surface area contributed by atoms with Crippen LogP contribution >= 0.6 is 0 Å². The Balaban J connectivity index is 1.38. The maximum absolute atomic E-state index is 12.0. The van der Waals surface area contributed by atoms with Gasteiger partial charge in [-0.1, -0.05) is 42.5 Å². The van der Waals surface area contributed by atoms with Gasteiger partial charge in [-0.05, 0) is 5.56 Å². The number of hydrogen-bond donors (Lipinski definition) is 1. The molecule has 0 aliphatic carbocycles. The predicted octanol–water partition coefficient (Wildman–Crippen LogP) is 1.88. The molecule has 0 saturated carbocycles. The van der Waals surface area contributed by atoms with Crippen LogP contribution in [0.5, 0.6) is 0 Å². The van der Waals surface area contributed by atoms with Crippen LogP contribution < -0.4 is 5.32 Å². The van der Waals surface area contributed by atoms with E-state index in [0.29, 0.717) is 31.3 Å². The van der Waals surface area contributed by atoms with E-state index in [1.807, 2.05) is 6.07 Å². The first kappa shape index (κ1) is 20.3. The molecule has 0 atom stereocenters. The zero-order chi connectivity index (χ0) is 19.6. The van der Waals surface area contributed by atoms with E-state index in [1.54, 1.807) is 7.11 Å². The van der Waals surface area contributed by atoms with Gasteiger partial charge in [0.2, 0.25) is 5.89 Å². The Hall–Kier alpha value is -2.48. The zero-order valence-electron chi connectivity index (χ0n) is 16.3. The van der Waals surface area contributed by atoms with Gasteiger partial charge in [-0.2, -0.15) is 0 Å². The van der Waals surface area contributed by atoms with Crippen LogP contribution in [0.2, 0.25) is 0 Å². The van der Waals surface area contributed by atoms with Gasteiger partial charge in [0, 0.05) is 46.4 Å². The molecular formula is C21H28N4O3. The van der Waals surface area contributed by atoms with E-state index in [4.69, 9.17) is 9.15 Å². The Kier molecular flexibility index (Phi) is 7.78. The number of carbonyl (C=O) groups is 1. The van der Waals surface area contributed by atoms with Crippen molar-refractivity contribution in [3.63, 3.8) is 0 Å². The highest BCUT2D eigenvalue weighted by molar-refractivity contribution is 5.91. The molecule has 0 spiro atoms. The topological polar surface area (TPSA) is 70.8 Å². The number of hydrogen-bond acceptors (Lipinski definition) is 6. The molecule has 2 aromatic rings. The summed E-state index contributed by atoms with van der Waals surface area (Å²) < 4.78 is 10.4. The van der Waals surface area contributed by atoms with E-state index in [1.165, 1.54) is 11.8 Å². The summed E-state index contributed by atoms with van der Waals surface area (Å²) in [5, 5.41) is 2.74. The maximum atomic E-state index is 12.0. The minimum absolute atomic E-state index is 0.234. The van der Waals surface area contributed by atoms with Crippen molar-refractivity contribution in [1.29, 1.82) is 0 Å². The molecule has 2 heterocycles. The van der Waals surface area contributed by atoms with Crippen molar-refractivity contribution in [2.45, 2.75) is 6.54 Å². The zero-order valence-corrected chi connectivity index (χ0v) is 16.3. The second kappa shape index (κ2) is 10.8. The van der Waals surface area contributed by atoms with E-state index in [-0.39, 0.29) is 5.91 Å². The van der Waals surface area contributed by atoms with Gasteiger partial charge in [-0.3, -0.25) is 14.6 Å². The predicted molar refractivity (Wildman–Crippen MR) is 108 cm³/mol. The number of ether oxygens (including phenoxy) is 1. The molecule has 0 bridgehead atoms. The maximum Gasteiger partial charge on any atom is 0.273 e. The van der Waals surface area contributed by atoms with Crippen LogP contribution in [0.4, 0.5) is 0 Å². The molecule has 1 N–H and O–H groups in total. The molecule has 28 heavy (non-hydrogen) atoms. The summed E-state index contributed by atoms with van der Waals surface area (Å²) in [7, 11) is 1.60. The second-order valence-electron chi connectivity index (χ2n) is 6.76. The Morgan fingerprint density at radius 1 is 1.21 bits per heavy atom. The molecule has 1 aromatic heterocycles. The largest absolute Gasteiger partial charge is 0.447 e. The third-order valence-electron chi connectivity index (χ3n) is 4.67. The quantitative estimate of drug-likeness (QED) is 0.666. The SMILES string of the molecule is COCCNC(=O)c1coc(CN2CCN(CC=Cc3ccccc3)CC2)n1. The number of aromatic nitrogens is 1. The molecule has 3 rings (SSSR count). The van der Waals surface area contributed by atoms with E-state index in [9.17, 15) is 4.79 Å². The smallest absolute Gasteiger partial charge is 0.273 e. The summed E-state index contributed by atoms with van der Waals surface area (Å²) >= 11 is 0. The number of nitrogens with one attached hydrogen (secondary N) is 1. The lowest BCUT2D eigenvalue weighted by molar-refractivity contribution is 0.0932. The van der Waals surface area contributed by atoms with Crippen molar-refractivity contribution in [3.05, 3.63) is 59.8 Å². The van der Waals surface area contributed by atoms with Crippen LogP contribution in [-0.4, -0.2) is 73.7 Å². The van der Waals surface area contributed by atoms with Crippen molar-refractivity contribution in [1.82, 2.24) is 20.1 Å². The normalized spacial score (nSPS) is 15.9. The van der Waals surface area contributed by atoms with E-state index in [0.717, 1.165) is 32.7 Å². The lowest BCUT2D eigenvalue weighted by atomic mass is 10.2. The highest BCUT2D eigenvalue weighted by Crippen LogP contribution is 2.10. The van der Waals surface area contributed by atoms with Gasteiger partial charge in [0.15, 0.2) is 5.69 Å². The number of nitrogens with zero attached hydrogens (tertiary/aromatic N) is 3. The van der Waals surface area contributed by atoms with Crippen molar-refractivity contribution >= 4 is 12.0 Å². The van der Waals surface area contributed by atoms with Gasteiger partial charge in [-0.25, -0.2) is 4.98 Å². The fraction of sp³-hybridized carbons (Fsp3) is 0.429. The average Bonchev–Trinajstić information content (AvgIpc) is 3.19. The Morgan fingerprint density at radius 2 is 1.96 bits per heavy atom. The lowest BCUT2D eigenvalue weighted by Gasteiger charge is -2.33. The van der Waals surface area contributed by atoms with Crippen LogP contribution in [0, 0.1) is 0 Å². The summed E-state index contributed by atoms with van der Waals surface area (Å²) in [5.74, 6) is 0.344. The van der Waals surface area contributed by atoms with Crippen LogP contribution in [-0.2, 0) is 11.3 Å². The summed E-state index contributed by atoms with van der Waals surface area (Å²) in [5.41, 5.74) is 1.54. The number of benzene rings is 1. The molecule has 1 aliphatic rings. The van der Waals surface area contributed by atoms with Crippen molar-refractivity contribution < 1.29 is 13.9 Å². The molecule has 0 radical (unpaired) electrons. The standard InChI is InChI=1S/C21H28N4O3/c1-27-15-9-22-21(26)19-17-28-20(23-19)16-25-13-11-24(12-14-25)10-5-8-18-6-3-2-4-7-18/h2-8,17H,9-16H2,1H3,(H,22,26). The van der Waals surface area contributed by atoms with Gasteiger partial charge in [0.1, 0.15) is 6.26 Å². The van der Waals surface area contributed by atoms with Gasteiger partial charge in [0.05, 0.1) is 13.2 Å². The van der Waals surface area contributed by atoms with Crippen LogP contribution in [0.25, 0.3) is 6.08 Å². The molecule has 7 heteroatoms. The molecule has 1 fully saturated rings. The average molecular weight is 384 g/mol. The Bertz CT molecular complexity index is 752. The van der Waals surface area contributed by atoms with Crippen LogP contribution in [0.1, 0.15) is 21.9 Å². The summed E-state index contributed by atoms with van der Waals surface area (Å²) in [6.07, 6.45) is 5.80. The van der Waals surface area contributed by atoms with Crippen molar-refractivity contribution in [2.75, 3.05) is 53.0 Å². The highest BCUT2D eigenvalue weighted by atomic mass is 16.5. The van der Waals surface area contributed by atoms with Gasteiger partial charge < -0.3 is 14.5 Å². The molecule has 0 unspecified atom stereocenters. The lowest BCUT2D eigenvalue weighted by Crippen LogP contribution is -2.45. The number of methoxy groups -OCH3 is 1. The van der Waals surface area contributed by atoms with Gasteiger partial charge >= 0.3 is 0 Å². The first-order valence-corrected chi connectivity index (χ1v) is 9.62. The number of rotatable bonds is 9. The number of amides is 1. The fourth-order valence-electron chi connectivity index (χ4n) is 3.07. The summed E-state index contributed by atoms with van der Waals surface area (Å²) in [6, 6.07) is 10.3. The first-order chi connectivity index (χ1) is 13.7. The minimum Gasteiger partial charge on any atom is -0.447 e. The molecular weight excluding hydrogens is 356 g/mol. The molecule has 1 aromatic carbocycles. The van der Waals surface area contributed by atoms with E-state index >= 15 is 0 Å². The van der Waals surface area contributed by atoms with Crippen LogP contribution in [0.3, 0.4) is 0 Å². The van der Waals surface area contributed by atoms with E-state index in [2.05, 4.69) is 56.5 Å². The first-order valence-electron chi connectivity index (χ1n) is 9.62. The third-order valence-corrected chi connectivity index (χ3v) is 4.67. The Morgan fingerprint density at radius 3 is 2.71 bits per heavy atom. The molecule has 1 saturated heterocycles. The number of carbonyl (C=O) groups excluding carboxylic acids is 1.